The smallest absolute Gasteiger partial charge is 0.251 e. The number of nitrogens with two attached hydrogens (primary N) is 1. The molecule has 1 aromatic heterocycles. The fraction of sp³-hybridized carbons (Fsp3) is 0.455. The summed E-state index contributed by atoms with van der Waals surface area (Å²) in [5.74, 6) is -0.460. The Morgan fingerprint density at radius 3 is 2.59 bits per heavy atom. The maximum Gasteiger partial charge on any atom is 0.251 e. The Morgan fingerprint density at radius 2 is 1.97 bits per heavy atom. The molecule has 0 radical (unpaired) electrons. The Hall–Kier alpha value is -2.43. The number of methoxy groups -OCH3 is 1. The van der Waals surface area contributed by atoms with Crippen molar-refractivity contribution in [3.05, 3.63) is 40.3 Å². The van der Waals surface area contributed by atoms with Crippen LogP contribution >= 0.6 is 11.3 Å². The lowest BCUT2D eigenvalue weighted by molar-refractivity contribution is -0.116. The molecule has 174 valence electrons. The minimum Gasteiger partial charge on any atom is -0.497 e. The molecule has 2 aromatic rings. The van der Waals surface area contributed by atoms with E-state index in [-0.39, 0.29) is 29.4 Å². The Kier molecular flexibility index (Phi) is 7.91. The molecule has 0 atom stereocenters. The number of fused-ring (bicyclic) bond motifs is 1. The molecule has 0 aliphatic carbocycles. The molecule has 1 aliphatic rings. The monoisotopic (exact) mass is 479 g/mol. The van der Waals surface area contributed by atoms with Gasteiger partial charge in [-0.15, -0.1) is 11.3 Å². The van der Waals surface area contributed by atoms with E-state index in [1.807, 2.05) is 0 Å². The minimum atomic E-state index is -3.50. The van der Waals surface area contributed by atoms with Gasteiger partial charge < -0.3 is 15.8 Å². The van der Waals surface area contributed by atoms with Crippen LogP contribution in [0.5, 0.6) is 5.75 Å². The van der Waals surface area contributed by atoms with Crippen molar-refractivity contribution in [1.82, 2.24) is 4.90 Å². The molecule has 0 saturated carbocycles. The summed E-state index contributed by atoms with van der Waals surface area (Å²) in [7, 11) is -1.99. The van der Waals surface area contributed by atoms with Crippen LogP contribution in [0.1, 0.15) is 47.0 Å². The van der Waals surface area contributed by atoms with Crippen LogP contribution in [0.25, 0.3) is 0 Å². The number of nitrogens with one attached hydrogen (secondary N) is 1. The van der Waals surface area contributed by atoms with Gasteiger partial charge in [-0.1, -0.05) is 6.92 Å². The van der Waals surface area contributed by atoms with Crippen LogP contribution in [0.2, 0.25) is 0 Å². The topological polar surface area (TPSA) is 119 Å². The minimum absolute atomic E-state index is 0.0259. The van der Waals surface area contributed by atoms with E-state index in [1.165, 1.54) is 30.6 Å². The molecular weight excluding hydrogens is 450 g/mol. The van der Waals surface area contributed by atoms with Crippen LogP contribution in [0, 0.1) is 0 Å². The van der Waals surface area contributed by atoms with Crippen molar-refractivity contribution < 1.29 is 22.7 Å². The predicted octanol–water partition coefficient (Wildman–Crippen LogP) is 2.82. The molecule has 32 heavy (non-hydrogen) atoms. The molecule has 10 heteroatoms. The van der Waals surface area contributed by atoms with E-state index in [0.717, 1.165) is 42.9 Å². The van der Waals surface area contributed by atoms with Crippen LogP contribution in [-0.4, -0.2) is 51.1 Å². The first-order chi connectivity index (χ1) is 15.2. The number of primary amides is 1. The van der Waals surface area contributed by atoms with Gasteiger partial charge in [-0.2, -0.15) is 0 Å². The first kappa shape index (κ1) is 24.2. The highest BCUT2D eigenvalue weighted by atomic mass is 32.2. The first-order valence-electron chi connectivity index (χ1n) is 10.6. The number of hydrogen-bond donors (Lipinski definition) is 2. The molecule has 3 N–H and O–H groups in total. The van der Waals surface area contributed by atoms with Gasteiger partial charge in [-0.25, -0.2) is 8.42 Å². The lowest BCUT2D eigenvalue weighted by Crippen LogP contribution is -2.31. The summed E-state index contributed by atoms with van der Waals surface area (Å²) in [6, 6.07) is 6.16. The standard InChI is InChI=1S/C22H29N3O5S2/c1-3-11-25-12-10-17-18(14-25)31-22(20(17)21(23)27)24-19(26)5-4-13-32(28,29)16-8-6-15(30-2)7-9-16/h6-9H,3-5,10-14H2,1-2H3,(H2,23,27)(H,24,26). The molecule has 2 amide bonds. The number of sulfone groups is 1. The molecular formula is C22H29N3O5S2. The first-order valence-corrected chi connectivity index (χ1v) is 13.1. The second-order valence-corrected chi connectivity index (χ2v) is 11.0. The summed E-state index contributed by atoms with van der Waals surface area (Å²) in [4.78, 5) is 28.1. The summed E-state index contributed by atoms with van der Waals surface area (Å²) >= 11 is 1.38. The van der Waals surface area contributed by atoms with E-state index in [2.05, 4.69) is 17.1 Å². The number of hydrogen-bond acceptors (Lipinski definition) is 7. The fourth-order valence-corrected chi connectivity index (χ4v) is 6.45. The summed E-state index contributed by atoms with van der Waals surface area (Å²) in [5, 5.41) is 3.25. The molecule has 1 aliphatic heterocycles. The average molecular weight is 480 g/mol. The van der Waals surface area contributed by atoms with Crippen molar-refractivity contribution in [2.75, 3.05) is 31.3 Å². The van der Waals surface area contributed by atoms with Crippen LogP contribution < -0.4 is 15.8 Å². The third kappa shape index (κ3) is 5.67. The van der Waals surface area contributed by atoms with Crippen LogP contribution in [-0.2, 0) is 27.6 Å². The van der Waals surface area contributed by atoms with Crippen LogP contribution in [0.3, 0.4) is 0 Å². The van der Waals surface area contributed by atoms with Gasteiger partial charge in [0.15, 0.2) is 9.84 Å². The average Bonchev–Trinajstić information content (AvgIpc) is 3.11. The lowest BCUT2D eigenvalue weighted by atomic mass is 10.0. The van der Waals surface area contributed by atoms with Crippen molar-refractivity contribution in [2.24, 2.45) is 5.73 Å². The molecule has 0 unspecified atom stereocenters. The quantitative estimate of drug-likeness (QED) is 0.541. The van der Waals surface area contributed by atoms with Crippen molar-refractivity contribution in [1.29, 1.82) is 0 Å². The zero-order chi connectivity index (χ0) is 23.3. The van der Waals surface area contributed by atoms with Gasteiger partial charge in [-0.3, -0.25) is 14.5 Å². The molecule has 0 saturated heterocycles. The molecule has 0 fully saturated rings. The number of carbonyl (C=O) groups is 2. The second kappa shape index (κ2) is 10.5. The Balaban J connectivity index is 1.62. The number of anilines is 1. The van der Waals surface area contributed by atoms with Gasteiger partial charge in [0.2, 0.25) is 5.91 Å². The highest BCUT2D eigenvalue weighted by Crippen LogP contribution is 2.37. The summed E-state index contributed by atoms with van der Waals surface area (Å²) in [6.45, 7) is 4.70. The van der Waals surface area contributed by atoms with Gasteiger partial charge >= 0.3 is 0 Å². The fourth-order valence-electron chi connectivity index (χ4n) is 3.82. The van der Waals surface area contributed by atoms with Gasteiger partial charge in [0.25, 0.3) is 5.91 Å². The lowest BCUT2D eigenvalue weighted by Gasteiger charge is -2.26. The highest BCUT2D eigenvalue weighted by molar-refractivity contribution is 7.91. The molecule has 0 spiro atoms. The second-order valence-electron chi connectivity index (χ2n) is 7.74. The van der Waals surface area contributed by atoms with Crippen LogP contribution in [0.4, 0.5) is 5.00 Å². The van der Waals surface area contributed by atoms with Crippen molar-refractivity contribution in [3.63, 3.8) is 0 Å². The van der Waals surface area contributed by atoms with Crippen molar-refractivity contribution in [2.45, 2.75) is 44.0 Å². The van der Waals surface area contributed by atoms with Gasteiger partial charge in [-0.05, 0) is 55.6 Å². The van der Waals surface area contributed by atoms with Gasteiger partial charge in [0.1, 0.15) is 10.8 Å². The number of ether oxygens (including phenoxy) is 1. The third-order valence-corrected chi connectivity index (χ3v) is 8.36. The number of amides is 2. The Labute approximate surface area is 192 Å². The SMILES string of the molecule is CCCN1CCc2c(sc(NC(=O)CCCS(=O)(=O)c3ccc(OC)cc3)c2C(N)=O)C1. The van der Waals surface area contributed by atoms with E-state index >= 15 is 0 Å². The van der Waals surface area contributed by atoms with E-state index in [4.69, 9.17) is 10.5 Å². The van der Waals surface area contributed by atoms with E-state index in [9.17, 15) is 18.0 Å². The summed E-state index contributed by atoms with van der Waals surface area (Å²) < 4.78 is 30.0. The third-order valence-electron chi connectivity index (χ3n) is 5.41. The highest BCUT2D eigenvalue weighted by Gasteiger charge is 2.27. The van der Waals surface area contributed by atoms with Crippen LogP contribution in [0.15, 0.2) is 29.2 Å². The molecule has 2 heterocycles. The van der Waals surface area contributed by atoms with Gasteiger partial charge in [0.05, 0.1) is 23.3 Å². The summed E-state index contributed by atoms with van der Waals surface area (Å²) in [5.41, 5.74) is 6.92. The molecule has 3 rings (SSSR count). The van der Waals surface area contributed by atoms with E-state index in [0.29, 0.717) is 16.3 Å². The zero-order valence-electron chi connectivity index (χ0n) is 18.3. The Bertz CT molecular complexity index is 1080. The predicted molar refractivity (Wildman–Crippen MR) is 125 cm³/mol. The van der Waals surface area contributed by atoms with Gasteiger partial charge in [0, 0.05) is 24.4 Å². The molecule has 8 nitrogen and oxygen atoms in total. The number of rotatable bonds is 10. The van der Waals surface area contributed by atoms with E-state index < -0.39 is 15.7 Å². The van der Waals surface area contributed by atoms with Crippen molar-refractivity contribution in [3.8, 4) is 5.75 Å². The largest absolute Gasteiger partial charge is 0.497 e. The summed E-state index contributed by atoms with van der Waals surface area (Å²) in [6.07, 6.45) is 1.96. The van der Waals surface area contributed by atoms with Crippen molar-refractivity contribution >= 4 is 38.0 Å². The normalized spacial score (nSPS) is 14.1. The number of thiophene rings is 1. The van der Waals surface area contributed by atoms with E-state index in [1.54, 1.807) is 12.1 Å². The number of benzene rings is 1. The molecule has 0 bridgehead atoms. The number of nitrogens with zero attached hydrogens (tertiary/aromatic N) is 1. The maximum atomic E-state index is 12.5. The Morgan fingerprint density at radius 1 is 1.25 bits per heavy atom. The maximum absolute atomic E-state index is 12.5. The zero-order valence-corrected chi connectivity index (χ0v) is 20.0. The molecule has 1 aromatic carbocycles. The number of carbonyl (C=O) groups excluding carboxylic acids is 2.